The molecule has 0 bridgehead atoms. The van der Waals surface area contributed by atoms with Crippen molar-refractivity contribution in [2.24, 2.45) is 5.73 Å². The van der Waals surface area contributed by atoms with Crippen LogP contribution in [-0.4, -0.2) is 23.5 Å². The molecule has 0 unspecified atom stereocenters. The minimum Gasteiger partial charge on any atom is -0.366 e. The predicted molar refractivity (Wildman–Crippen MR) is 81.5 cm³/mol. The molecule has 1 aliphatic carbocycles. The van der Waals surface area contributed by atoms with E-state index in [1.807, 2.05) is 30.8 Å². The highest BCUT2D eigenvalue weighted by molar-refractivity contribution is 8.00. The van der Waals surface area contributed by atoms with Crippen molar-refractivity contribution in [1.82, 2.24) is 5.32 Å². The van der Waals surface area contributed by atoms with Gasteiger partial charge in [0, 0.05) is 23.4 Å². The molecule has 19 heavy (non-hydrogen) atoms. The Morgan fingerprint density at radius 3 is 2.68 bits per heavy atom. The lowest BCUT2D eigenvalue weighted by Gasteiger charge is -2.40. The number of carbonyl (C=O) groups is 1. The Kier molecular flexibility index (Phi) is 4.53. The van der Waals surface area contributed by atoms with Crippen molar-refractivity contribution in [3.63, 3.8) is 0 Å². The first kappa shape index (κ1) is 14.4. The van der Waals surface area contributed by atoms with Crippen LogP contribution in [-0.2, 0) is 6.54 Å². The third kappa shape index (κ3) is 3.31. The van der Waals surface area contributed by atoms with Crippen LogP contribution in [0.4, 0.5) is 0 Å². The fraction of sp³-hybridized carbons (Fsp3) is 0.533. The quantitative estimate of drug-likeness (QED) is 0.840. The largest absolute Gasteiger partial charge is 0.366 e. The first-order valence-corrected chi connectivity index (χ1v) is 7.94. The van der Waals surface area contributed by atoms with Crippen LogP contribution >= 0.6 is 11.8 Å². The molecule has 3 N–H and O–H groups in total. The van der Waals surface area contributed by atoms with E-state index >= 15 is 0 Å². The van der Waals surface area contributed by atoms with Crippen LogP contribution in [0.2, 0.25) is 0 Å². The van der Waals surface area contributed by atoms with Crippen LogP contribution in [0, 0.1) is 6.92 Å². The molecule has 104 valence electrons. The van der Waals surface area contributed by atoms with E-state index < -0.39 is 0 Å². The number of nitrogens with two attached hydrogens (primary N) is 1. The second kappa shape index (κ2) is 5.97. The summed E-state index contributed by atoms with van der Waals surface area (Å²) in [6.45, 7) is 3.94. The molecular weight excluding hydrogens is 256 g/mol. The van der Waals surface area contributed by atoms with Crippen molar-refractivity contribution in [3.8, 4) is 0 Å². The van der Waals surface area contributed by atoms with Gasteiger partial charge in [0.05, 0.1) is 0 Å². The smallest absolute Gasteiger partial charge is 0.248 e. The van der Waals surface area contributed by atoms with Gasteiger partial charge in [0.1, 0.15) is 0 Å². The first-order chi connectivity index (χ1) is 9.06. The molecule has 1 aliphatic rings. The summed E-state index contributed by atoms with van der Waals surface area (Å²) in [4.78, 5) is 11.1. The zero-order chi connectivity index (χ0) is 13.9. The van der Waals surface area contributed by atoms with Gasteiger partial charge in [-0.1, -0.05) is 12.5 Å². The molecule has 4 heteroatoms. The molecule has 0 radical (unpaired) electrons. The number of thioether (sulfide) groups is 1. The van der Waals surface area contributed by atoms with Gasteiger partial charge in [0.2, 0.25) is 5.91 Å². The molecule has 0 heterocycles. The highest BCUT2D eigenvalue weighted by atomic mass is 32.2. The van der Waals surface area contributed by atoms with E-state index in [0.717, 1.165) is 18.7 Å². The van der Waals surface area contributed by atoms with Crippen LogP contribution < -0.4 is 11.1 Å². The fourth-order valence-corrected chi connectivity index (χ4v) is 3.44. The Bertz CT molecular complexity index is 464. The van der Waals surface area contributed by atoms with E-state index in [9.17, 15) is 4.79 Å². The topological polar surface area (TPSA) is 55.1 Å². The van der Waals surface area contributed by atoms with Crippen molar-refractivity contribution in [3.05, 3.63) is 34.9 Å². The van der Waals surface area contributed by atoms with Crippen LogP contribution in [0.15, 0.2) is 18.2 Å². The number of aryl methyl sites for hydroxylation is 1. The van der Waals surface area contributed by atoms with Crippen molar-refractivity contribution >= 4 is 17.7 Å². The average Bonchev–Trinajstić information content (AvgIpc) is 2.34. The first-order valence-electron chi connectivity index (χ1n) is 6.71. The monoisotopic (exact) mass is 278 g/mol. The molecule has 1 amide bonds. The van der Waals surface area contributed by atoms with E-state index in [1.165, 1.54) is 24.8 Å². The summed E-state index contributed by atoms with van der Waals surface area (Å²) in [5.41, 5.74) is 8.22. The van der Waals surface area contributed by atoms with Gasteiger partial charge in [-0.2, -0.15) is 11.8 Å². The Morgan fingerprint density at radius 2 is 2.21 bits per heavy atom. The molecule has 1 aromatic carbocycles. The number of carbonyl (C=O) groups excluding carboxylic acids is 1. The summed E-state index contributed by atoms with van der Waals surface area (Å²) >= 11 is 1.98. The van der Waals surface area contributed by atoms with E-state index in [4.69, 9.17) is 5.73 Å². The van der Waals surface area contributed by atoms with Crippen LogP contribution in [0.25, 0.3) is 0 Å². The molecule has 1 fully saturated rings. The number of amides is 1. The summed E-state index contributed by atoms with van der Waals surface area (Å²) in [5.74, 6) is -0.363. The third-order valence-corrected chi connectivity index (χ3v) is 5.51. The maximum Gasteiger partial charge on any atom is 0.248 e. The lowest BCUT2D eigenvalue weighted by molar-refractivity contribution is 0.1000. The van der Waals surface area contributed by atoms with Gasteiger partial charge in [-0.3, -0.25) is 4.79 Å². The minimum absolute atomic E-state index is 0.363. The number of nitrogens with one attached hydrogen (secondary N) is 1. The van der Waals surface area contributed by atoms with E-state index in [0.29, 0.717) is 10.3 Å². The molecular formula is C15H22N2OS. The summed E-state index contributed by atoms with van der Waals surface area (Å²) in [5, 5.41) is 3.55. The molecule has 1 saturated carbocycles. The van der Waals surface area contributed by atoms with Crippen LogP contribution in [0.5, 0.6) is 0 Å². The second-order valence-corrected chi connectivity index (χ2v) is 6.62. The summed E-state index contributed by atoms with van der Waals surface area (Å²) in [6, 6.07) is 5.67. The molecule has 0 aliphatic heterocycles. The van der Waals surface area contributed by atoms with E-state index in [-0.39, 0.29) is 5.91 Å². The third-order valence-electron chi connectivity index (χ3n) is 4.09. The number of hydrogen-bond acceptors (Lipinski definition) is 3. The van der Waals surface area contributed by atoms with Crippen molar-refractivity contribution in [2.75, 3.05) is 12.8 Å². The number of primary amides is 1. The van der Waals surface area contributed by atoms with E-state index in [2.05, 4.69) is 11.6 Å². The predicted octanol–water partition coefficient (Wildman–Crippen LogP) is 2.47. The van der Waals surface area contributed by atoms with Gasteiger partial charge in [-0.15, -0.1) is 0 Å². The lowest BCUT2D eigenvalue weighted by Crippen LogP contribution is -2.43. The van der Waals surface area contributed by atoms with Gasteiger partial charge < -0.3 is 11.1 Å². The van der Waals surface area contributed by atoms with Gasteiger partial charge >= 0.3 is 0 Å². The van der Waals surface area contributed by atoms with Crippen molar-refractivity contribution in [1.29, 1.82) is 0 Å². The van der Waals surface area contributed by atoms with Gasteiger partial charge in [0.15, 0.2) is 0 Å². The SMILES string of the molecule is CSC1(CNCc2ccc(C(N)=O)cc2C)CCC1. The Morgan fingerprint density at radius 1 is 1.47 bits per heavy atom. The highest BCUT2D eigenvalue weighted by Crippen LogP contribution is 2.42. The molecule has 2 rings (SSSR count). The van der Waals surface area contributed by atoms with Crippen LogP contribution in [0.3, 0.4) is 0 Å². The zero-order valence-corrected chi connectivity index (χ0v) is 12.5. The fourth-order valence-electron chi connectivity index (χ4n) is 2.50. The number of hydrogen-bond donors (Lipinski definition) is 2. The van der Waals surface area contributed by atoms with Gasteiger partial charge in [0.25, 0.3) is 0 Å². The van der Waals surface area contributed by atoms with Gasteiger partial charge in [-0.05, 0) is 49.3 Å². The van der Waals surface area contributed by atoms with Crippen molar-refractivity contribution < 1.29 is 4.79 Å². The van der Waals surface area contributed by atoms with E-state index in [1.54, 1.807) is 6.07 Å². The zero-order valence-electron chi connectivity index (χ0n) is 11.7. The molecule has 1 aromatic rings. The lowest BCUT2D eigenvalue weighted by atomic mass is 9.84. The average molecular weight is 278 g/mol. The number of benzene rings is 1. The maximum absolute atomic E-state index is 11.1. The Hall–Kier alpha value is -1.00. The maximum atomic E-state index is 11.1. The Labute approximate surface area is 119 Å². The summed E-state index contributed by atoms with van der Waals surface area (Å²) in [7, 11) is 0. The van der Waals surface area contributed by atoms with Crippen molar-refractivity contribution in [2.45, 2.75) is 37.5 Å². The number of rotatable bonds is 6. The molecule has 0 aromatic heterocycles. The molecule has 0 atom stereocenters. The minimum atomic E-state index is -0.363. The summed E-state index contributed by atoms with van der Waals surface area (Å²) < 4.78 is 0.459. The standard InChI is InChI=1S/C15H22N2OS/c1-11-8-12(14(16)18)4-5-13(11)9-17-10-15(19-2)6-3-7-15/h4-5,8,17H,3,6-7,9-10H2,1-2H3,(H2,16,18). The summed E-state index contributed by atoms with van der Waals surface area (Å²) in [6.07, 6.45) is 6.20. The second-order valence-electron chi connectivity index (χ2n) is 5.35. The van der Waals surface area contributed by atoms with Crippen LogP contribution in [0.1, 0.15) is 40.7 Å². The highest BCUT2D eigenvalue weighted by Gasteiger charge is 2.35. The van der Waals surface area contributed by atoms with Gasteiger partial charge in [-0.25, -0.2) is 0 Å². The normalized spacial score (nSPS) is 16.9. The molecule has 3 nitrogen and oxygen atoms in total. The molecule has 0 saturated heterocycles. The molecule has 0 spiro atoms. The Balaban J connectivity index is 1.91.